The highest BCUT2D eigenvalue weighted by atomic mass is 19.1. The van der Waals surface area contributed by atoms with Gasteiger partial charge in [-0.1, -0.05) is 19.3 Å². The van der Waals surface area contributed by atoms with Crippen molar-refractivity contribution in [3.63, 3.8) is 0 Å². The van der Waals surface area contributed by atoms with Gasteiger partial charge in [0.15, 0.2) is 0 Å². The molecule has 1 heterocycles. The largest absolute Gasteiger partial charge is 0.481 e. The Bertz CT molecular complexity index is 762. The molecule has 1 unspecified atom stereocenters. The SMILES string of the molecule is O=C(O)C(C(=O)NCc1ccc(-c2ccc(F)cc2)o1)C1CCCCC1. The number of furan rings is 1. The second-order valence-electron chi connectivity index (χ2n) is 6.70. The fraction of sp³-hybridized carbons (Fsp3) is 0.400. The standard InChI is InChI=1S/C20H22FNO4/c21-15-8-6-13(7-9-15)17-11-10-16(26-17)12-22-19(23)18(20(24)25)14-4-2-1-3-5-14/h6-11,14,18H,1-5,12H2,(H,22,23)(H,24,25). The topological polar surface area (TPSA) is 79.5 Å². The molecule has 1 saturated carbocycles. The number of hydrogen-bond donors (Lipinski definition) is 2. The summed E-state index contributed by atoms with van der Waals surface area (Å²) in [5.74, 6) is -1.89. The van der Waals surface area contributed by atoms with Crippen molar-refractivity contribution in [2.45, 2.75) is 38.6 Å². The van der Waals surface area contributed by atoms with Gasteiger partial charge in [0.1, 0.15) is 23.3 Å². The van der Waals surface area contributed by atoms with Crippen molar-refractivity contribution in [3.8, 4) is 11.3 Å². The maximum absolute atomic E-state index is 13.0. The van der Waals surface area contributed by atoms with E-state index in [0.29, 0.717) is 11.5 Å². The van der Waals surface area contributed by atoms with Crippen LogP contribution >= 0.6 is 0 Å². The van der Waals surface area contributed by atoms with Crippen LogP contribution in [0.15, 0.2) is 40.8 Å². The van der Waals surface area contributed by atoms with E-state index >= 15 is 0 Å². The van der Waals surface area contributed by atoms with E-state index in [4.69, 9.17) is 4.42 Å². The summed E-state index contributed by atoms with van der Waals surface area (Å²) in [6.07, 6.45) is 4.60. The molecule has 0 bridgehead atoms. The van der Waals surface area contributed by atoms with Crippen LogP contribution in [0, 0.1) is 17.7 Å². The first-order valence-corrected chi connectivity index (χ1v) is 8.90. The number of carbonyl (C=O) groups is 2. The predicted molar refractivity (Wildman–Crippen MR) is 93.6 cm³/mol. The minimum Gasteiger partial charge on any atom is -0.481 e. The Kier molecular flexibility index (Phi) is 5.71. The summed E-state index contributed by atoms with van der Waals surface area (Å²) in [7, 11) is 0. The van der Waals surface area contributed by atoms with E-state index in [2.05, 4.69) is 5.32 Å². The summed E-state index contributed by atoms with van der Waals surface area (Å²) < 4.78 is 18.6. The number of carbonyl (C=O) groups excluding carboxylic acids is 1. The molecule has 0 saturated heterocycles. The molecule has 1 atom stereocenters. The first-order valence-electron chi connectivity index (χ1n) is 8.90. The van der Waals surface area contributed by atoms with Crippen molar-refractivity contribution in [1.82, 2.24) is 5.32 Å². The maximum Gasteiger partial charge on any atom is 0.316 e. The van der Waals surface area contributed by atoms with Crippen molar-refractivity contribution in [2.24, 2.45) is 11.8 Å². The lowest BCUT2D eigenvalue weighted by molar-refractivity contribution is -0.150. The first-order chi connectivity index (χ1) is 12.5. The highest BCUT2D eigenvalue weighted by Crippen LogP contribution is 2.30. The van der Waals surface area contributed by atoms with Gasteiger partial charge in [-0.25, -0.2) is 4.39 Å². The van der Waals surface area contributed by atoms with Gasteiger partial charge in [-0.15, -0.1) is 0 Å². The minimum atomic E-state index is -1.07. The summed E-state index contributed by atoms with van der Waals surface area (Å²) in [6.45, 7) is 0.122. The van der Waals surface area contributed by atoms with Crippen LogP contribution in [-0.4, -0.2) is 17.0 Å². The third kappa shape index (κ3) is 4.31. The van der Waals surface area contributed by atoms with Crippen LogP contribution in [0.5, 0.6) is 0 Å². The number of rotatable bonds is 6. The molecule has 1 aliphatic rings. The van der Waals surface area contributed by atoms with Gasteiger partial charge in [-0.3, -0.25) is 9.59 Å². The lowest BCUT2D eigenvalue weighted by Gasteiger charge is -2.26. The Hall–Kier alpha value is -2.63. The summed E-state index contributed by atoms with van der Waals surface area (Å²) in [6, 6.07) is 9.38. The fourth-order valence-electron chi connectivity index (χ4n) is 3.52. The Labute approximate surface area is 151 Å². The Morgan fingerprint density at radius 2 is 1.81 bits per heavy atom. The molecular weight excluding hydrogens is 337 g/mol. The lowest BCUT2D eigenvalue weighted by Crippen LogP contribution is -2.40. The van der Waals surface area contributed by atoms with Gasteiger partial charge in [0, 0.05) is 5.56 Å². The molecular formula is C20H22FNO4. The zero-order chi connectivity index (χ0) is 18.5. The fourth-order valence-corrected chi connectivity index (χ4v) is 3.52. The van der Waals surface area contributed by atoms with Crippen LogP contribution < -0.4 is 5.32 Å². The zero-order valence-electron chi connectivity index (χ0n) is 14.4. The number of halogens is 1. The van der Waals surface area contributed by atoms with E-state index < -0.39 is 17.8 Å². The highest BCUT2D eigenvalue weighted by Gasteiger charge is 2.35. The minimum absolute atomic E-state index is 0.104. The average Bonchev–Trinajstić information content (AvgIpc) is 3.10. The predicted octanol–water partition coefficient (Wildman–Crippen LogP) is 3.98. The van der Waals surface area contributed by atoms with E-state index in [1.165, 1.54) is 12.1 Å². The lowest BCUT2D eigenvalue weighted by atomic mass is 9.79. The Balaban J connectivity index is 1.61. The maximum atomic E-state index is 13.0. The van der Waals surface area contributed by atoms with Gasteiger partial charge in [-0.2, -0.15) is 0 Å². The van der Waals surface area contributed by atoms with E-state index in [-0.39, 0.29) is 18.3 Å². The van der Waals surface area contributed by atoms with E-state index in [1.807, 2.05) is 0 Å². The Morgan fingerprint density at radius 3 is 2.46 bits per heavy atom. The molecule has 1 fully saturated rings. The smallest absolute Gasteiger partial charge is 0.316 e. The van der Waals surface area contributed by atoms with Crippen molar-refractivity contribution >= 4 is 11.9 Å². The second-order valence-corrected chi connectivity index (χ2v) is 6.70. The van der Waals surface area contributed by atoms with Crippen molar-refractivity contribution in [3.05, 3.63) is 48.0 Å². The van der Waals surface area contributed by atoms with Crippen molar-refractivity contribution < 1.29 is 23.5 Å². The molecule has 5 nitrogen and oxygen atoms in total. The quantitative estimate of drug-likeness (QED) is 0.765. The van der Waals surface area contributed by atoms with Crippen molar-refractivity contribution in [1.29, 1.82) is 0 Å². The number of benzene rings is 1. The molecule has 0 aliphatic heterocycles. The van der Waals surface area contributed by atoms with Gasteiger partial charge in [-0.05, 0) is 55.2 Å². The molecule has 2 N–H and O–H groups in total. The average molecular weight is 359 g/mol. The van der Waals surface area contributed by atoms with Gasteiger partial charge in [0.25, 0.3) is 0 Å². The molecule has 1 amide bonds. The van der Waals surface area contributed by atoms with Crippen LogP contribution in [0.4, 0.5) is 4.39 Å². The number of carboxylic acid groups (broad SMARTS) is 1. The van der Waals surface area contributed by atoms with Crippen LogP contribution in [0.1, 0.15) is 37.9 Å². The van der Waals surface area contributed by atoms with Gasteiger partial charge in [0.2, 0.25) is 5.91 Å². The number of carboxylic acids is 1. The first kappa shape index (κ1) is 18.2. The second kappa shape index (κ2) is 8.17. The van der Waals surface area contributed by atoms with Gasteiger partial charge in [0.05, 0.1) is 6.54 Å². The molecule has 0 radical (unpaired) electrons. The molecule has 2 aromatic rings. The van der Waals surface area contributed by atoms with Crippen LogP contribution in [0.2, 0.25) is 0 Å². The molecule has 1 aromatic carbocycles. The molecule has 1 aliphatic carbocycles. The van der Waals surface area contributed by atoms with Gasteiger partial charge >= 0.3 is 5.97 Å². The third-order valence-corrected chi connectivity index (χ3v) is 4.90. The van der Waals surface area contributed by atoms with Crippen LogP contribution in [0.25, 0.3) is 11.3 Å². The van der Waals surface area contributed by atoms with Crippen molar-refractivity contribution in [2.75, 3.05) is 0 Å². The van der Waals surface area contributed by atoms with Crippen LogP contribution in [0.3, 0.4) is 0 Å². The van der Waals surface area contributed by atoms with E-state index in [1.54, 1.807) is 24.3 Å². The normalized spacial score (nSPS) is 16.2. The number of hydrogen-bond acceptors (Lipinski definition) is 3. The molecule has 6 heteroatoms. The highest BCUT2D eigenvalue weighted by molar-refractivity contribution is 5.97. The van der Waals surface area contributed by atoms with Crippen LogP contribution in [-0.2, 0) is 16.1 Å². The summed E-state index contributed by atoms with van der Waals surface area (Å²) >= 11 is 0. The van der Waals surface area contributed by atoms with E-state index in [0.717, 1.165) is 37.7 Å². The molecule has 0 spiro atoms. The molecule has 138 valence electrons. The monoisotopic (exact) mass is 359 g/mol. The molecule has 1 aromatic heterocycles. The third-order valence-electron chi connectivity index (χ3n) is 4.90. The molecule has 3 rings (SSSR count). The van der Waals surface area contributed by atoms with Gasteiger partial charge < -0.3 is 14.8 Å². The summed E-state index contributed by atoms with van der Waals surface area (Å²) in [5, 5.41) is 12.1. The number of aliphatic carboxylic acids is 1. The summed E-state index contributed by atoms with van der Waals surface area (Å²) in [4.78, 5) is 23.9. The summed E-state index contributed by atoms with van der Waals surface area (Å²) in [5.41, 5.74) is 0.731. The zero-order valence-corrected chi connectivity index (χ0v) is 14.4. The molecule has 26 heavy (non-hydrogen) atoms. The number of amides is 1. The number of nitrogens with one attached hydrogen (secondary N) is 1. The Morgan fingerprint density at radius 1 is 1.12 bits per heavy atom. The van der Waals surface area contributed by atoms with E-state index in [9.17, 15) is 19.1 Å².